The summed E-state index contributed by atoms with van der Waals surface area (Å²) in [5.74, 6) is -0.0806. The number of carbonyl (C=O) groups is 2. The Morgan fingerprint density at radius 3 is 2.46 bits per heavy atom. The van der Waals surface area contributed by atoms with Gasteiger partial charge in [-0.05, 0) is 39.0 Å². The number of nitrogens with one attached hydrogen (secondary N) is 1. The number of benzene rings is 1. The largest absolute Gasteiger partial charge is 0.339 e. The average molecular weight is 326 g/mol. The van der Waals surface area contributed by atoms with Gasteiger partial charge in [0.2, 0.25) is 5.91 Å². The molecule has 0 atom stereocenters. The maximum atomic E-state index is 12.7. The Labute approximate surface area is 141 Å². The van der Waals surface area contributed by atoms with Crippen LogP contribution in [0.4, 0.5) is 5.82 Å². The zero-order chi connectivity index (χ0) is 17.5. The second-order valence-electron chi connectivity index (χ2n) is 5.12. The number of hydrogen-bond donors (Lipinski definition) is 1. The van der Waals surface area contributed by atoms with Crippen LogP contribution in [0.1, 0.15) is 31.1 Å². The van der Waals surface area contributed by atoms with Gasteiger partial charge in [-0.15, -0.1) is 0 Å². The first-order chi connectivity index (χ1) is 11.6. The smallest absolute Gasteiger partial charge is 0.259 e. The van der Waals surface area contributed by atoms with E-state index in [9.17, 15) is 9.59 Å². The van der Waals surface area contributed by atoms with Crippen molar-refractivity contribution in [2.45, 2.75) is 20.8 Å². The summed E-state index contributed by atoms with van der Waals surface area (Å²) in [4.78, 5) is 26.4. The summed E-state index contributed by atoms with van der Waals surface area (Å²) in [5.41, 5.74) is 1.15. The highest BCUT2D eigenvalue weighted by atomic mass is 16.2. The van der Waals surface area contributed by atoms with E-state index in [1.54, 1.807) is 22.6 Å². The van der Waals surface area contributed by atoms with Crippen LogP contribution in [-0.2, 0) is 4.79 Å². The van der Waals surface area contributed by atoms with Crippen molar-refractivity contribution in [2.75, 3.05) is 18.4 Å². The molecule has 2 rings (SSSR count). The van der Waals surface area contributed by atoms with Gasteiger partial charge in [-0.25, -0.2) is 4.68 Å². The van der Waals surface area contributed by atoms with Crippen molar-refractivity contribution in [3.8, 4) is 5.69 Å². The molecule has 0 saturated heterocycles. The van der Waals surface area contributed by atoms with E-state index in [1.165, 1.54) is 12.3 Å². The quantitative estimate of drug-likeness (QED) is 0.830. The van der Waals surface area contributed by atoms with Crippen LogP contribution in [0.5, 0.6) is 0 Å². The number of para-hydroxylation sites is 1. The monoisotopic (exact) mass is 326 g/mol. The van der Waals surface area contributed by atoms with Crippen molar-refractivity contribution >= 4 is 17.6 Å². The number of aromatic nitrogens is 2. The summed E-state index contributed by atoms with van der Waals surface area (Å²) in [6.45, 7) is 6.78. The second-order valence-corrected chi connectivity index (χ2v) is 5.12. The molecule has 0 fully saturated rings. The molecule has 0 spiro atoms. The number of hydrogen-bond acceptors (Lipinski definition) is 3. The molecule has 1 N–H and O–H groups in total. The molecule has 24 heavy (non-hydrogen) atoms. The Bertz CT molecular complexity index is 731. The molecule has 0 saturated carbocycles. The molecule has 0 aliphatic rings. The Balaban J connectivity index is 2.49. The van der Waals surface area contributed by atoms with Crippen molar-refractivity contribution in [3.05, 3.63) is 54.2 Å². The topological polar surface area (TPSA) is 67.2 Å². The SMILES string of the molecule is C/C=C/C(=O)Nc1c(C(=O)N(CC)CC)cnn1-c1ccccc1. The van der Waals surface area contributed by atoms with Gasteiger partial charge in [0, 0.05) is 13.1 Å². The van der Waals surface area contributed by atoms with E-state index >= 15 is 0 Å². The minimum absolute atomic E-state index is 0.155. The fourth-order valence-corrected chi connectivity index (χ4v) is 2.38. The van der Waals surface area contributed by atoms with Gasteiger partial charge >= 0.3 is 0 Å². The van der Waals surface area contributed by atoms with Crippen molar-refractivity contribution in [2.24, 2.45) is 0 Å². The molecule has 2 amide bonds. The lowest BCUT2D eigenvalue weighted by molar-refractivity contribution is -0.111. The van der Waals surface area contributed by atoms with E-state index in [-0.39, 0.29) is 11.8 Å². The average Bonchev–Trinajstić information content (AvgIpc) is 3.00. The van der Waals surface area contributed by atoms with Gasteiger partial charge in [0.15, 0.2) is 0 Å². The Hall–Kier alpha value is -2.89. The van der Waals surface area contributed by atoms with E-state index in [0.717, 1.165) is 5.69 Å². The molecule has 6 heteroatoms. The fraction of sp³-hybridized carbons (Fsp3) is 0.278. The minimum atomic E-state index is -0.302. The molecule has 0 radical (unpaired) electrons. The second kappa shape index (κ2) is 8.10. The van der Waals surface area contributed by atoms with Gasteiger partial charge in [0.25, 0.3) is 5.91 Å². The first-order valence-electron chi connectivity index (χ1n) is 7.98. The summed E-state index contributed by atoms with van der Waals surface area (Å²) in [6.07, 6.45) is 4.55. The molecule has 0 aliphatic heterocycles. The summed E-state index contributed by atoms with van der Waals surface area (Å²) in [6, 6.07) is 9.38. The maximum Gasteiger partial charge on any atom is 0.259 e. The van der Waals surface area contributed by atoms with E-state index in [1.807, 2.05) is 44.2 Å². The zero-order valence-corrected chi connectivity index (χ0v) is 14.2. The Morgan fingerprint density at radius 1 is 1.21 bits per heavy atom. The maximum absolute atomic E-state index is 12.7. The lowest BCUT2D eigenvalue weighted by Gasteiger charge is -2.19. The summed E-state index contributed by atoms with van der Waals surface area (Å²) in [7, 11) is 0. The summed E-state index contributed by atoms with van der Waals surface area (Å²) in [5, 5.41) is 7.07. The molecule has 1 aromatic carbocycles. The fourth-order valence-electron chi connectivity index (χ4n) is 2.38. The lowest BCUT2D eigenvalue weighted by atomic mass is 10.2. The molecule has 0 bridgehead atoms. The van der Waals surface area contributed by atoms with Gasteiger partial charge in [0.05, 0.1) is 11.9 Å². The molecule has 126 valence electrons. The highest BCUT2D eigenvalue weighted by molar-refractivity contribution is 6.05. The van der Waals surface area contributed by atoms with Crippen molar-refractivity contribution in [3.63, 3.8) is 0 Å². The third-order valence-electron chi connectivity index (χ3n) is 3.61. The van der Waals surface area contributed by atoms with Crippen LogP contribution in [-0.4, -0.2) is 39.6 Å². The standard InChI is InChI=1S/C18H22N4O2/c1-4-10-16(23)20-17-15(18(24)21(5-2)6-3)13-19-22(17)14-11-8-7-9-12-14/h4,7-13H,5-6H2,1-3H3,(H,20,23)/b10-4+. The first-order valence-corrected chi connectivity index (χ1v) is 7.98. The normalized spacial score (nSPS) is 10.8. The van der Waals surface area contributed by atoms with Gasteiger partial charge in [-0.3, -0.25) is 9.59 Å². The van der Waals surface area contributed by atoms with Crippen LogP contribution in [0.25, 0.3) is 5.69 Å². The van der Waals surface area contributed by atoms with Crippen molar-refractivity contribution in [1.29, 1.82) is 0 Å². The van der Waals surface area contributed by atoms with Gasteiger partial charge in [-0.2, -0.15) is 5.10 Å². The Kier molecular flexibility index (Phi) is 5.89. The van der Waals surface area contributed by atoms with E-state index in [2.05, 4.69) is 10.4 Å². The number of allylic oxidation sites excluding steroid dienone is 1. The van der Waals surface area contributed by atoms with Crippen molar-refractivity contribution < 1.29 is 9.59 Å². The van der Waals surface area contributed by atoms with Crippen LogP contribution in [0.2, 0.25) is 0 Å². The van der Waals surface area contributed by atoms with Gasteiger partial charge in [0.1, 0.15) is 11.4 Å². The lowest BCUT2D eigenvalue weighted by Crippen LogP contribution is -2.31. The predicted molar refractivity (Wildman–Crippen MR) is 94.3 cm³/mol. The zero-order valence-electron chi connectivity index (χ0n) is 14.2. The molecule has 1 aromatic heterocycles. The molecule has 1 heterocycles. The first kappa shape index (κ1) is 17.5. The molecular weight excluding hydrogens is 304 g/mol. The summed E-state index contributed by atoms with van der Waals surface area (Å²) < 4.78 is 1.57. The van der Waals surface area contributed by atoms with Crippen LogP contribution >= 0.6 is 0 Å². The number of amides is 2. The number of carbonyl (C=O) groups excluding carboxylic acids is 2. The highest BCUT2D eigenvalue weighted by Gasteiger charge is 2.22. The van der Waals surface area contributed by atoms with Gasteiger partial charge in [-0.1, -0.05) is 24.3 Å². The molecule has 0 unspecified atom stereocenters. The van der Waals surface area contributed by atoms with Gasteiger partial charge < -0.3 is 10.2 Å². The number of anilines is 1. The number of rotatable bonds is 6. The van der Waals surface area contributed by atoms with E-state index < -0.39 is 0 Å². The highest BCUT2D eigenvalue weighted by Crippen LogP contribution is 2.22. The van der Waals surface area contributed by atoms with E-state index in [4.69, 9.17) is 0 Å². The van der Waals surface area contributed by atoms with Crippen LogP contribution in [0, 0.1) is 0 Å². The molecular formula is C18H22N4O2. The van der Waals surface area contributed by atoms with Crippen LogP contribution < -0.4 is 5.32 Å². The van der Waals surface area contributed by atoms with Crippen molar-refractivity contribution in [1.82, 2.24) is 14.7 Å². The Morgan fingerprint density at radius 2 is 1.88 bits per heavy atom. The minimum Gasteiger partial charge on any atom is -0.339 e. The predicted octanol–water partition coefficient (Wildman–Crippen LogP) is 2.87. The van der Waals surface area contributed by atoms with Crippen LogP contribution in [0.15, 0.2) is 48.7 Å². The molecule has 0 aliphatic carbocycles. The van der Waals surface area contributed by atoms with E-state index in [0.29, 0.717) is 24.5 Å². The third kappa shape index (κ3) is 3.71. The van der Waals surface area contributed by atoms with Crippen LogP contribution in [0.3, 0.4) is 0 Å². The summed E-state index contributed by atoms with van der Waals surface area (Å²) >= 11 is 0. The third-order valence-corrected chi connectivity index (χ3v) is 3.61. The molecule has 6 nitrogen and oxygen atoms in total. The number of nitrogens with zero attached hydrogens (tertiary/aromatic N) is 3. The molecule has 2 aromatic rings.